The smallest absolute Gasteiger partial charge is 0.272 e. The number of hydrogen-bond acceptors (Lipinski definition) is 2. The Morgan fingerprint density at radius 1 is 1.11 bits per heavy atom. The van der Waals surface area contributed by atoms with Crippen LogP contribution < -0.4 is 5.32 Å². The van der Waals surface area contributed by atoms with E-state index in [0.29, 0.717) is 33.6 Å². The van der Waals surface area contributed by atoms with E-state index in [2.05, 4.69) is 24.4 Å². The fraction of sp³-hybridized carbons (Fsp3) is 0.0952. The molecule has 0 aliphatic rings. The molecule has 2 heterocycles. The number of aryl methyl sites for hydroxylation is 1. The van der Waals surface area contributed by atoms with Crippen LogP contribution >= 0.6 is 23.2 Å². The number of aromatic nitrogens is 1. The number of nitrogens with zero attached hydrogens (tertiary/aromatic N) is 1. The minimum Gasteiger partial charge on any atom is -0.463 e. The van der Waals surface area contributed by atoms with Gasteiger partial charge in [0.05, 0.1) is 22.5 Å². The molecule has 2 aromatic heterocycles. The quantitative estimate of drug-likeness (QED) is 0.447. The number of anilines is 1. The summed E-state index contributed by atoms with van der Waals surface area (Å²) in [6.07, 6.45) is 1.62. The molecule has 136 valence electrons. The molecule has 0 saturated carbocycles. The maximum absolute atomic E-state index is 12.9. The van der Waals surface area contributed by atoms with Gasteiger partial charge in [0.2, 0.25) is 0 Å². The van der Waals surface area contributed by atoms with Crippen molar-refractivity contribution in [1.29, 1.82) is 0 Å². The first-order valence-electron chi connectivity index (χ1n) is 8.40. The van der Waals surface area contributed by atoms with E-state index in [9.17, 15) is 4.79 Å². The van der Waals surface area contributed by atoms with E-state index in [1.165, 1.54) is 0 Å². The van der Waals surface area contributed by atoms with Gasteiger partial charge in [0.15, 0.2) is 5.58 Å². The number of fused-ring (bicyclic) bond motifs is 1. The first kappa shape index (κ1) is 17.7. The molecule has 1 amide bonds. The number of hydrogen-bond donors (Lipinski definition) is 1. The Morgan fingerprint density at radius 3 is 2.70 bits per heavy atom. The number of furan rings is 1. The van der Waals surface area contributed by atoms with Gasteiger partial charge in [-0.1, -0.05) is 47.5 Å². The normalized spacial score (nSPS) is 11.1. The topological polar surface area (TPSA) is 47.2 Å². The lowest BCUT2D eigenvalue weighted by molar-refractivity contribution is 0.101. The lowest BCUT2D eigenvalue weighted by Gasteiger charge is -2.13. The lowest BCUT2D eigenvalue weighted by Crippen LogP contribution is -2.18. The highest BCUT2D eigenvalue weighted by Gasteiger charge is 2.19. The van der Waals surface area contributed by atoms with Gasteiger partial charge < -0.3 is 14.3 Å². The van der Waals surface area contributed by atoms with E-state index < -0.39 is 0 Å². The average Bonchev–Trinajstić information content (AvgIpc) is 3.22. The summed E-state index contributed by atoms with van der Waals surface area (Å²) >= 11 is 12.1. The molecule has 0 aliphatic carbocycles. The average molecular weight is 399 g/mol. The van der Waals surface area contributed by atoms with Crippen molar-refractivity contribution >= 4 is 45.9 Å². The maximum atomic E-state index is 12.9. The van der Waals surface area contributed by atoms with E-state index in [0.717, 1.165) is 16.6 Å². The van der Waals surface area contributed by atoms with Crippen LogP contribution in [0.2, 0.25) is 10.0 Å². The molecule has 2 aromatic carbocycles. The molecule has 0 saturated heterocycles. The molecule has 0 aliphatic heterocycles. The van der Waals surface area contributed by atoms with Crippen LogP contribution in [0, 0.1) is 6.92 Å². The Labute approximate surface area is 166 Å². The van der Waals surface area contributed by atoms with Gasteiger partial charge in [0.1, 0.15) is 5.69 Å². The second kappa shape index (κ2) is 7.14. The van der Waals surface area contributed by atoms with E-state index in [4.69, 9.17) is 27.6 Å². The molecular weight excluding hydrogens is 383 g/mol. The summed E-state index contributed by atoms with van der Waals surface area (Å²) in [5.74, 6) is -0.265. The van der Waals surface area contributed by atoms with Crippen LogP contribution in [0.25, 0.3) is 11.1 Å². The fourth-order valence-electron chi connectivity index (χ4n) is 3.07. The van der Waals surface area contributed by atoms with Crippen molar-refractivity contribution in [1.82, 2.24) is 4.57 Å². The van der Waals surface area contributed by atoms with E-state index in [-0.39, 0.29) is 5.91 Å². The van der Waals surface area contributed by atoms with Crippen LogP contribution in [-0.4, -0.2) is 10.5 Å². The lowest BCUT2D eigenvalue weighted by atomic mass is 10.1. The zero-order valence-corrected chi connectivity index (χ0v) is 16.0. The van der Waals surface area contributed by atoms with Gasteiger partial charge in [-0.25, -0.2) is 0 Å². The predicted molar refractivity (Wildman–Crippen MR) is 109 cm³/mol. The van der Waals surface area contributed by atoms with Gasteiger partial charge in [-0.2, -0.15) is 0 Å². The first-order valence-corrected chi connectivity index (χ1v) is 9.16. The molecule has 6 heteroatoms. The molecule has 0 unspecified atom stereocenters. The molecule has 4 nitrogen and oxygen atoms in total. The molecule has 0 atom stereocenters. The largest absolute Gasteiger partial charge is 0.463 e. The maximum Gasteiger partial charge on any atom is 0.272 e. The summed E-state index contributed by atoms with van der Waals surface area (Å²) in [7, 11) is 0. The van der Waals surface area contributed by atoms with Crippen molar-refractivity contribution in [3.63, 3.8) is 0 Å². The van der Waals surface area contributed by atoms with Crippen molar-refractivity contribution in [2.45, 2.75) is 13.5 Å². The standard InChI is InChI=1S/C21H16Cl2N2O2/c1-13-4-2-3-5-14(13)12-25-18-8-9-27-20(18)11-19(25)21(26)24-17-7-6-15(22)10-16(17)23/h2-11H,12H2,1H3,(H,24,26). The van der Waals surface area contributed by atoms with Crippen LogP contribution in [0.5, 0.6) is 0 Å². The summed E-state index contributed by atoms with van der Waals surface area (Å²) in [4.78, 5) is 12.9. The van der Waals surface area contributed by atoms with E-state index in [1.54, 1.807) is 30.5 Å². The third-order valence-corrected chi connectivity index (χ3v) is 5.07. The number of carbonyl (C=O) groups is 1. The Hall–Kier alpha value is -2.69. The van der Waals surface area contributed by atoms with Crippen LogP contribution in [-0.2, 0) is 6.54 Å². The number of rotatable bonds is 4. The van der Waals surface area contributed by atoms with Crippen LogP contribution in [0.4, 0.5) is 5.69 Å². The molecule has 1 N–H and O–H groups in total. The molecule has 4 aromatic rings. The third-order valence-electron chi connectivity index (χ3n) is 4.52. The van der Waals surface area contributed by atoms with Crippen molar-refractivity contribution in [2.24, 2.45) is 0 Å². The molecule has 0 radical (unpaired) electrons. The number of nitrogens with one attached hydrogen (secondary N) is 1. The highest BCUT2D eigenvalue weighted by Crippen LogP contribution is 2.28. The SMILES string of the molecule is Cc1ccccc1Cn1c(C(=O)Nc2ccc(Cl)cc2Cl)cc2occc21. The summed E-state index contributed by atoms with van der Waals surface area (Å²) in [6.45, 7) is 2.62. The van der Waals surface area contributed by atoms with Crippen molar-refractivity contribution in [3.05, 3.63) is 87.7 Å². The Balaban J connectivity index is 1.72. The molecule has 27 heavy (non-hydrogen) atoms. The first-order chi connectivity index (χ1) is 13.0. The Morgan fingerprint density at radius 2 is 1.93 bits per heavy atom. The van der Waals surface area contributed by atoms with Gasteiger partial charge in [0.25, 0.3) is 5.91 Å². The highest BCUT2D eigenvalue weighted by atomic mass is 35.5. The predicted octanol–water partition coefficient (Wildman–Crippen LogP) is 6.15. The monoisotopic (exact) mass is 398 g/mol. The number of amides is 1. The summed E-state index contributed by atoms with van der Waals surface area (Å²) in [5.41, 5.74) is 4.83. The number of halogens is 2. The molecule has 0 spiro atoms. The zero-order valence-electron chi connectivity index (χ0n) is 14.5. The van der Waals surface area contributed by atoms with Crippen molar-refractivity contribution < 1.29 is 9.21 Å². The second-order valence-electron chi connectivity index (χ2n) is 6.29. The van der Waals surface area contributed by atoms with E-state index >= 15 is 0 Å². The van der Waals surface area contributed by atoms with Gasteiger partial charge in [-0.05, 0) is 36.2 Å². The summed E-state index contributed by atoms with van der Waals surface area (Å²) in [5, 5.41) is 3.75. The fourth-order valence-corrected chi connectivity index (χ4v) is 3.53. The highest BCUT2D eigenvalue weighted by molar-refractivity contribution is 6.36. The van der Waals surface area contributed by atoms with Gasteiger partial charge in [-0.15, -0.1) is 0 Å². The number of carbonyl (C=O) groups excluding carboxylic acids is 1. The van der Waals surface area contributed by atoms with Gasteiger partial charge in [-0.3, -0.25) is 4.79 Å². The van der Waals surface area contributed by atoms with E-state index in [1.807, 2.05) is 22.8 Å². The second-order valence-corrected chi connectivity index (χ2v) is 7.13. The third kappa shape index (κ3) is 3.46. The van der Waals surface area contributed by atoms with Crippen LogP contribution in [0.3, 0.4) is 0 Å². The Kier molecular flexibility index (Phi) is 4.68. The van der Waals surface area contributed by atoms with Gasteiger partial charge in [0, 0.05) is 23.7 Å². The molecule has 0 bridgehead atoms. The minimum absolute atomic E-state index is 0.265. The van der Waals surface area contributed by atoms with Crippen LogP contribution in [0.1, 0.15) is 21.6 Å². The zero-order chi connectivity index (χ0) is 19.0. The number of benzene rings is 2. The van der Waals surface area contributed by atoms with Crippen LogP contribution in [0.15, 0.2) is 65.3 Å². The molecule has 4 rings (SSSR count). The minimum atomic E-state index is -0.265. The van der Waals surface area contributed by atoms with Crippen molar-refractivity contribution in [2.75, 3.05) is 5.32 Å². The van der Waals surface area contributed by atoms with Gasteiger partial charge >= 0.3 is 0 Å². The molecule has 0 fully saturated rings. The summed E-state index contributed by atoms with van der Waals surface area (Å²) in [6, 6.07) is 16.7. The van der Waals surface area contributed by atoms with Crippen molar-refractivity contribution in [3.8, 4) is 0 Å². The Bertz CT molecular complexity index is 1140. The molecular formula is C21H16Cl2N2O2. The summed E-state index contributed by atoms with van der Waals surface area (Å²) < 4.78 is 7.45.